The van der Waals surface area contributed by atoms with E-state index in [0.717, 1.165) is 12.7 Å². The zero-order valence-electron chi connectivity index (χ0n) is 5.77. The standard InChI is InChI=1S/C6H13ClOSi/c1-3-8-9(4-2)6-5-7/h4,9H,2-3,5-6H2,1H3. The molecule has 1 atom stereocenters. The number of alkyl halides is 1. The summed E-state index contributed by atoms with van der Waals surface area (Å²) in [6.45, 7) is 6.47. The van der Waals surface area contributed by atoms with E-state index in [1.54, 1.807) is 0 Å². The highest BCUT2D eigenvalue weighted by molar-refractivity contribution is 6.58. The van der Waals surface area contributed by atoms with Crippen LogP contribution in [0, 0.1) is 0 Å². The van der Waals surface area contributed by atoms with E-state index in [1.165, 1.54) is 0 Å². The summed E-state index contributed by atoms with van der Waals surface area (Å²) >= 11 is 5.52. The summed E-state index contributed by atoms with van der Waals surface area (Å²) < 4.78 is 5.37. The molecule has 0 aliphatic rings. The average Bonchev–Trinajstić information content (AvgIpc) is 1.88. The van der Waals surface area contributed by atoms with Crippen LogP contribution in [0.4, 0.5) is 0 Å². The van der Waals surface area contributed by atoms with Crippen LogP contribution in [0.3, 0.4) is 0 Å². The van der Waals surface area contributed by atoms with Gasteiger partial charge in [0, 0.05) is 12.5 Å². The third-order valence-corrected chi connectivity index (χ3v) is 3.77. The molecule has 1 unspecified atom stereocenters. The van der Waals surface area contributed by atoms with Crippen LogP contribution in [0.1, 0.15) is 6.92 Å². The van der Waals surface area contributed by atoms with Gasteiger partial charge in [0.1, 0.15) is 0 Å². The molecule has 0 saturated heterocycles. The average molecular weight is 165 g/mol. The van der Waals surface area contributed by atoms with Gasteiger partial charge in [0.25, 0.3) is 0 Å². The van der Waals surface area contributed by atoms with E-state index in [-0.39, 0.29) is 0 Å². The SMILES string of the molecule is C=C[SiH](CCCl)OCC. The molecule has 9 heavy (non-hydrogen) atoms. The maximum atomic E-state index is 5.52. The van der Waals surface area contributed by atoms with Crippen molar-refractivity contribution in [2.24, 2.45) is 0 Å². The Morgan fingerprint density at radius 1 is 1.78 bits per heavy atom. The van der Waals surface area contributed by atoms with Crippen LogP contribution in [0.25, 0.3) is 0 Å². The Hall–Kier alpha value is 0.207. The highest BCUT2D eigenvalue weighted by atomic mass is 35.5. The van der Waals surface area contributed by atoms with Crippen LogP contribution < -0.4 is 0 Å². The molecule has 0 rings (SSSR count). The first-order valence-electron chi connectivity index (χ1n) is 3.15. The van der Waals surface area contributed by atoms with Crippen LogP contribution in [-0.4, -0.2) is 21.5 Å². The third-order valence-electron chi connectivity index (χ3n) is 1.04. The Bertz CT molecular complexity index is 71.5. The Kier molecular flexibility index (Phi) is 6.47. The lowest BCUT2D eigenvalue weighted by molar-refractivity contribution is 0.350. The molecule has 54 valence electrons. The van der Waals surface area contributed by atoms with E-state index in [2.05, 4.69) is 6.58 Å². The van der Waals surface area contributed by atoms with E-state index in [9.17, 15) is 0 Å². The second-order valence-corrected chi connectivity index (χ2v) is 4.54. The minimum absolute atomic E-state index is 0.697. The Morgan fingerprint density at radius 2 is 2.44 bits per heavy atom. The smallest absolute Gasteiger partial charge is 0.201 e. The Morgan fingerprint density at radius 3 is 2.78 bits per heavy atom. The van der Waals surface area contributed by atoms with E-state index in [4.69, 9.17) is 16.0 Å². The minimum atomic E-state index is -1.08. The van der Waals surface area contributed by atoms with Crippen LogP contribution >= 0.6 is 11.6 Å². The molecule has 0 aliphatic carbocycles. The van der Waals surface area contributed by atoms with Crippen molar-refractivity contribution in [3.8, 4) is 0 Å². The fourth-order valence-electron chi connectivity index (χ4n) is 0.591. The number of hydrogen-bond acceptors (Lipinski definition) is 1. The van der Waals surface area contributed by atoms with E-state index < -0.39 is 9.04 Å². The molecule has 0 spiro atoms. The van der Waals surface area contributed by atoms with Gasteiger partial charge in [-0.2, -0.15) is 0 Å². The van der Waals surface area contributed by atoms with E-state index >= 15 is 0 Å². The first-order chi connectivity index (χ1) is 4.35. The van der Waals surface area contributed by atoms with Gasteiger partial charge in [0.2, 0.25) is 9.04 Å². The molecule has 0 aromatic carbocycles. The second kappa shape index (κ2) is 6.33. The maximum Gasteiger partial charge on any atom is 0.201 e. The largest absolute Gasteiger partial charge is 0.416 e. The highest BCUT2D eigenvalue weighted by Crippen LogP contribution is 1.97. The van der Waals surface area contributed by atoms with Gasteiger partial charge in [-0.1, -0.05) is 5.70 Å². The van der Waals surface area contributed by atoms with Crippen LogP contribution in [0.2, 0.25) is 6.04 Å². The molecular weight excluding hydrogens is 152 g/mol. The van der Waals surface area contributed by atoms with Gasteiger partial charge in [-0.3, -0.25) is 0 Å². The zero-order valence-corrected chi connectivity index (χ0v) is 7.68. The van der Waals surface area contributed by atoms with Crippen LogP contribution in [0.15, 0.2) is 12.3 Å². The molecule has 0 fully saturated rings. The second-order valence-electron chi connectivity index (χ2n) is 1.71. The number of rotatable bonds is 5. The fourth-order valence-corrected chi connectivity index (χ4v) is 2.42. The van der Waals surface area contributed by atoms with Crippen molar-refractivity contribution in [1.82, 2.24) is 0 Å². The topological polar surface area (TPSA) is 9.23 Å². The van der Waals surface area contributed by atoms with Crippen molar-refractivity contribution in [3.63, 3.8) is 0 Å². The number of halogens is 1. The monoisotopic (exact) mass is 164 g/mol. The zero-order chi connectivity index (χ0) is 7.11. The van der Waals surface area contributed by atoms with E-state index in [1.807, 2.05) is 12.6 Å². The van der Waals surface area contributed by atoms with Crippen molar-refractivity contribution in [3.05, 3.63) is 12.3 Å². The highest BCUT2D eigenvalue weighted by Gasteiger charge is 2.03. The summed E-state index contributed by atoms with van der Waals surface area (Å²) in [7, 11) is -1.08. The van der Waals surface area contributed by atoms with E-state index in [0.29, 0.717) is 5.88 Å². The van der Waals surface area contributed by atoms with Crippen LogP contribution in [0.5, 0.6) is 0 Å². The van der Waals surface area contributed by atoms with Crippen molar-refractivity contribution >= 4 is 20.6 Å². The molecule has 0 aromatic rings. The predicted molar refractivity (Wildman–Crippen MR) is 44.5 cm³/mol. The molecule has 0 heterocycles. The summed E-state index contributed by atoms with van der Waals surface area (Å²) in [5, 5.41) is 0. The van der Waals surface area contributed by atoms with Gasteiger partial charge in [-0.15, -0.1) is 18.2 Å². The fraction of sp³-hybridized carbons (Fsp3) is 0.667. The first kappa shape index (κ1) is 9.21. The molecule has 0 aliphatic heterocycles. The summed E-state index contributed by atoms with van der Waals surface area (Å²) in [4.78, 5) is 0. The van der Waals surface area contributed by atoms with Crippen molar-refractivity contribution < 1.29 is 4.43 Å². The normalized spacial score (nSPS) is 13.1. The van der Waals surface area contributed by atoms with Crippen LogP contribution in [-0.2, 0) is 4.43 Å². The Labute approximate surface area is 63.4 Å². The summed E-state index contributed by atoms with van der Waals surface area (Å²) in [6.07, 6.45) is 0. The molecule has 0 bridgehead atoms. The molecular formula is C6H13ClOSi. The predicted octanol–water partition coefficient (Wildman–Crippen LogP) is 1.71. The van der Waals surface area contributed by atoms with Gasteiger partial charge in [-0.05, 0) is 13.0 Å². The van der Waals surface area contributed by atoms with Crippen molar-refractivity contribution in [2.45, 2.75) is 13.0 Å². The lowest BCUT2D eigenvalue weighted by Gasteiger charge is -2.06. The maximum absolute atomic E-state index is 5.52. The van der Waals surface area contributed by atoms with Gasteiger partial charge in [0.15, 0.2) is 0 Å². The molecule has 3 heteroatoms. The number of hydrogen-bond donors (Lipinski definition) is 0. The van der Waals surface area contributed by atoms with Gasteiger partial charge >= 0.3 is 0 Å². The summed E-state index contributed by atoms with van der Waals surface area (Å²) in [5.74, 6) is 0.697. The van der Waals surface area contributed by atoms with Gasteiger partial charge < -0.3 is 4.43 Å². The third kappa shape index (κ3) is 4.69. The summed E-state index contributed by atoms with van der Waals surface area (Å²) in [6, 6.07) is 0.999. The Balaban J connectivity index is 3.29. The van der Waals surface area contributed by atoms with Gasteiger partial charge in [-0.25, -0.2) is 0 Å². The minimum Gasteiger partial charge on any atom is -0.416 e. The molecule has 0 amide bonds. The van der Waals surface area contributed by atoms with Gasteiger partial charge in [0.05, 0.1) is 0 Å². The molecule has 0 radical (unpaired) electrons. The lowest BCUT2D eigenvalue weighted by Crippen LogP contribution is -2.14. The lowest BCUT2D eigenvalue weighted by atomic mass is 10.9. The molecule has 1 nitrogen and oxygen atoms in total. The molecule has 0 saturated carbocycles. The first-order valence-corrected chi connectivity index (χ1v) is 5.64. The molecule has 0 aromatic heterocycles. The van der Waals surface area contributed by atoms with Crippen molar-refractivity contribution in [2.75, 3.05) is 12.5 Å². The molecule has 0 N–H and O–H groups in total. The van der Waals surface area contributed by atoms with Crippen molar-refractivity contribution in [1.29, 1.82) is 0 Å². The quantitative estimate of drug-likeness (QED) is 0.444. The summed E-state index contributed by atoms with van der Waals surface area (Å²) in [5.41, 5.74) is 1.92.